The maximum atomic E-state index is 11.2. The van der Waals surface area contributed by atoms with Crippen molar-refractivity contribution in [3.05, 3.63) is 0 Å². The Morgan fingerprint density at radius 2 is 1.87 bits per heavy atom. The summed E-state index contributed by atoms with van der Waals surface area (Å²) in [6.45, 7) is 6.29. The number of rotatable bonds is 7. The molecule has 0 aliphatic heterocycles. The van der Waals surface area contributed by atoms with Gasteiger partial charge in [0.25, 0.3) is 0 Å². The Hall–Kier alpha value is -0.130. The smallest absolute Gasteiger partial charge is 0.150 e. The van der Waals surface area contributed by atoms with Crippen molar-refractivity contribution in [2.75, 3.05) is 31.7 Å². The minimum absolute atomic E-state index is 0.0734. The van der Waals surface area contributed by atoms with E-state index in [1.165, 1.54) is 0 Å². The highest BCUT2D eigenvalue weighted by Crippen LogP contribution is 2.11. The molecular weight excluding hydrogens is 214 g/mol. The number of hydrogen-bond acceptors (Lipinski definition) is 4. The standard InChI is InChI=1S/C10H23NO3S/c1-5-15(13,14)8-6-7-11(4)10(2,3)9-12/h12H,5-9H2,1-4H3. The molecule has 0 saturated carbocycles. The molecule has 0 heterocycles. The maximum absolute atomic E-state index is 11.2. The van der Waals surface area contributed by atoms with Gasteiger partial charge >= 0.3 is 0 Å². The van der Waals surface area contributed by atoms with Crippen LogP contribution in [0.5, 0.6) is 0 Å². The van der Waals surface area contributed by atoms with Crippen LogP contribution >= 0.6 is 0 Å². The van der Waals surface area contributed by atoms with Gasteiger partial charge < -0.3 is 5.11 Å². The van der Waals surface area contributed by atoms with Crippen LogP contribution in [0.4, 0.5) is 0 Å². The van der Waals surface area contributed by atoms with Crippen LogP contribution in [0.1, 0.15) is 27.2 Å². The summed E-state index contributed by atoms with van der Waals surface area (Å²) < 4.78 is 22.5. The molecule has 0 saturated heterocycles. The van der Waals surface area contributed by atoms with E-state index in [0.717, 1.165) is 0 Å². The molecule has 1 N–H and O–H groups in total. The average Bonchev–Trinajstić information content (AvgIpc) is 2.17. The SMILES string of the molecule is CCS(=O)(=O)CCCN(C)C(C)(C)CO. The van der Waals surface area contributed by atoms with E-state index in [0.29, 0.717) is 13.0 Å². The van der Waals surface area contributed by atoms with Crippen molar-refractivity contribution >= 4 is 9.84 Å². The summed E-state index contributed by atoms with van der Waals surface area (Å²) in [6, 6.07) is 0. The van der Waals surface area contributed by atoms with Crippen molar-refractivity contribution in [2.45, 2.75) is 32.7 Å². The second-order valence-electron chi connectivity index (χ2n) is 4.48. The van der Waals surface area contributed by atoms with Gasteiger partial charge in [0.15, 0.2) is 0 Å². The topological polar surface area (TPSA) is 57.6 Å². The zero-order valence-electron chi connectivity index (χ0n) is 10.2. The fraction of sp³-hybridized carbons (Fsp3) is 1.00. The largest absolute Gasteiger partial charge is 0.394 e. The minimum atomic E-state index is -2.86. The number of aliphatic hydroxyl groups is 1. The van der Waals surface area contributed by atoms with Crippen molar-refractivity contribution in [1.82, 2.24) is 4.90 Å². The van der Waals surface area contributed by atoms with Crippen LogP contribution in [-0.2, 0) is 9.84 Å². The van der Waals surface area contributed by atoms with Crippen molar-refractivity contribution in [2.24, 2.45) is 0 Å². The van der Waals surface area contributed by atoms with Crippen molar-refractivity contribution in [3.63, 3.8) is 0 Å². The van der Waals surface area contributed by atoms with E-state index in [-0.39, 0.29) is 23.7 Å². The molecule has 0 aliphatic carbocycles. The minimum Gasteiger partial charge on any atom is -0.394 e. The Morgan fingerprint density at radius 1 is 1.33 bits per heavy atom. The van der Waals surface area contributed by atoms with Gasteiger partial charge in [-0.3, -0.25) is 4.90 Å². The Kier molecular flexibility index (Phi) is 5.77. The Balaban J connectivity index is 3.98. The van der Waals surface area contributed by atoms with Crippen LogP contribution in [0, 0.1) is 0 Å². The summed E-state index contributed by atoms with van der Waals surface area (Å²) in [5.74, 6) is 0.440. The third-order valence-corrected chi connectivity index (χ3v) is 4.60. The second kappa shape index (κ2) is 5.82. The molecule has 0 unspecified atom stereocenters. The highest BCUT2D eigenvalue weighted by atomic mass is 32.2. The van der Waals surface area contributed by atoms with Crippen LogP contribution in [0.2, 0.25) is 0 Å². The third kappa shape index (κ3) is 5.49. The highest BCUT2D eigenvalue weighted by molar-refractivity contribution is 7.91. The van der Waals surface area contributed by atoms with Crippen LogP contribution in [-0.4, -0.2) is 55.7 Å². The molecule has 0 radical (unpaired) electrons. The molecule has 92 valence electrons. The number of likely N-dealkylation sites (N-methyl/N-ethyl adjacent to an activating group) is 1. The van der Waals surface area contributed by atoms with E-state index in [1.807, 2.05) is 25.8 Å². The van der Waals surface area contributed by atoms with Gasteiger partial charge in [-0.05, 0) is 33.9 Å². The van der Waals surface area contributed by atoms with Gasteiger partial charge in [-0.1, -0.05) is 6.92 Å². The fourth-order valence-electron chi connectivity index (χ4n) is 1.09. The van der Waals surface area contributed by atoms with Crippen LogP contribution in [0.25, 0.3) is 0 Å². The summed E-state index contributed by atoms with van der Waals surface area (Å²) in [5.41, 5.74) is -0.282. The molecule has 0 aliphatic rings. The molecule has 0 atom stereocenters. The molecular formula is C10H23NO3S. The predicted octanol–water partition coefficient (Wildman–Crippen LogP) is 0.514. The summed E-state index contributed by atoms with van der Waals surface area (Å²) in [4.78, 5) is 1.98. The second-order valence-corrected chi connectivity index (χ2v) is 6.95. The maximum Gasteiger partial charge on any atom is 0.150 e. The van der Waals surface area contributed by atoms with Gasteiger partial charge in [-0.2, -0.15) is 0 Å². The van der Waals surface area contributed by atoms with Crippen molar-refractivity contribution in [1.29, 1.82) is 0 Å². The van der Waals surface area contributed by atoms with Crippen molar-refractivity contribution in [3.8, 4) is 0 Å². The van der Waals surface area contributed by atoms with Gasteiger partial charge in [-0.15, -0.1) is 0 Å². The Bertz CT molecular complexity index is 272. The number of hydrogen-bond donors (Lipinski definition) is 1. The Labute approximate surface area is 93.2 Å². The first-order valence-electron chi connectivity index (χ1n) is 5.27. The summed E-state index contributed by atoms with van der Waals surface area (Å²) in [5, 5.41) is 9.11. The number of sulfone groups is 1. The molecule has 4 nitrogen and oxygen atoms in total. The van der Waals surface area contributed by atoms with E-state index < -0.39 is 9.84 Å². The monoisotopic (exact) mass is 237 g/mol. The lowest BCUT2D eigenvalue weighted by Crippen LogP contribution is -2.44. The number of aliphatic hydroxyl groups excluding tert-OH is 1. The zero-order chi connectivity index (χ0) is 12.1. The third-order valence-electron chi connectivity index (χ3n) is 2.81. The van der Waals surface area contributed by atoms with Gasteiger partial charge in [0.05, 0.1) is 12.4 Å². The first-order valence-corrected chi connectivity index (χ1v) is 7.10. The van der Waals surface area contributed by atoms with Gasteiger partial charge in [0.1, 0.15) is 9.84 Å². The molecule has 15 heavy (non-hydrogen) atoms. The lowest BCUT2D eigenvalue weighted by Gasteiger charge is -2.33. The van der Waals surface area contributed by atoms with Gasteiger partial charge in [0, 0.05) is 11.3 Å². The van der Waals surface area contributed by atoms with Crippen LogP contribution < -0.4 is 0 Å². The van der Waals surface area contributed by atoms with Gasteiger partial charge in [-0.25, -0.2) is 8.42 Å². The number of nitrogens with zero attached hydrogens (tertiary/aromatic N) is 1. The molecule has 0 spiro atoms. The Morgan fingerprint density at radius 3 is 2.27 bits per heavy atom. The molecule has 0 bridgehead atoms. The van der Waals surface area contributed by atoms with Crippen LogP contribution in [0.15, 0.2) is 0 Å². The van der Waals surface area contributed by atoms with E-state index in [9.17, 15) is 8.42 Å². The molecule has 0 aromatic rings. The summed E-state index contributed by atoms with van der Waals surface area (Å²) in [6.07, 6.45) is 0.621. The molecule has 0 amide bonds. The van der Waals surface area contributed by atoms with Gasteiger partial charge in [0.2, 0.25) is 0 Å². The summed E-state index contributed by atoms with van der Waals surface area (Å²) in [7, 11) is -0.959. The molecule has 0 rings (SSSR count). The zero-order valence-corrected chi connectivity index (χ0v) is 11.0. The molecule has 0 fully saturated rings. The lowest BCUT2D eigenvalue weighted by molar-refractivity contribution is 0.0794. The van der Waals surface area contributed by atoms with E-state index in [1.54, 1.807) is 6.92 Å². The van der Waals surface area contributed by atoms with Crippen LogP contribution in [0.3, 0.4) is 0 Å². The average molecular weight is 237 g/mol. The molecule has 5 heteroatoms. The fourth-order valence-corrected chi connectivity index (χ4v) is 1.95. The predicted molar refractivity (Wildman–Crippen MR) is 62.7 cm³/mol. The lowest BCUT2D eigenvalue weighted by atomic mass is 10.1. The van der Waals surface area contributed by atoms with E-state index >= 15 is 0 Å². The normalized spacial score (nSPS) is 13.5. The molecule has 0 aromatic carbocycles. The van der Waals surface area contributed by atoms with E-state index in [2.05, 4.69) is 0 Å². The first kappa shape index (κ1) is 14.9. The van der Waals surface area contributed by atoms with E-state index in [4.69, 9.17) is 5.11 Å². The summed E-state index contributed by atoms with van der Waals surface area (Å²) >= 11 is 0. The quantitative estimate of drug-likeness (QED) is 0.701. The highest BCUT2D eigenvalue weighted by Gasteiger charge is 2.22. The first-order chi connectivity index (χ1) is 6.75. The molecule has 0 aromatic heterocycles. The van der Waals surface area contributed by atoms with Crippen molar-refractivity contribution < 1.29 is 13.5 Å².